The first kappa shape index (κ1) is 12.6. The fraction of sp³-hybridized carbons (Fsp3) is 0.0909. The lowest BCUT2D eigenvalue weighted by Gasteiger charge is -2.08. The van der Waals surface area contributed by atoms with Gasteiger partial charge in [-0.3, -0.25) is 4.98 Å². The summed E-state index contributed by atoms with van der Waals surface area (Å²) in [7, 11) is 1.29. The summed E-state index contributed by atoms with van der Waals surface area (Å²) in [4.78, 5) is 15.6. The van der Waals surface area contributed by atoms with Crippen LogP contribution in [0.25, 0.3) is 10.9 Å². The molecule has 0 aliphatic rings. The van der Waals surface area contributed by atoms with Crippen LogP contribution in [0.1, 0.15) is 10.4 Å². The van der Waals surface area contributed by atoms with Crippen molar-refractivity contribution in [2.24, 2.45) is 0 Å². The summed E-state index contributed by atoms with van der Waals surface area (Å²) in [5, 5.41) is 1.35. The molecular weight excluding hydrogens is 329 g/mol. The maximum Gasteiger partial charge on any atom is 0.340 e. The third-order valence-corrected chi connectivity index (χ3v) is 3.62. The summed E-state index contributed by atoms with van der Waals surface area (Å²) in [6.45, 7) is 0. The summed E-state index contributed by atoms with van der Waals surface area (Å²) in [6.07, 6.45) is 1.36. The molecule has 2 aromatic rings. The molecule has 0 bridgehead atoms. The van der Waals surface area contributed by atoms with Crippen LogP contribution in [0.3, 0.4) is 0 Å². The molecule has 0 fully saturated rings. The molecule has 0 atom stereocenters. The van der Waals surface area contributed by atoms with Gasteiger partial charge in [0.25, 0.3) is 0 Å². The molecule has 1 aromatic heterocycles. The van der Waals surface area contributed by atoms with Gasteiger partial charge in [-0.1, -0.05) is 39.1 Å². The van der Waals surface area contributed by atoms with Crippen molar-refractivity contribution in [3.05, 3.63) is 38.4 Å². The average Bonchev–Trinajstić information content (AvgIpc) is 2.33. The van der Waals surface area contributed by atoms with Crippen LogP contribution >= 0.6 is 39.1 Å². The zero-order chi connectivity index (χ0) is 12.6. The number of benzene rings is 1. The Hall–Kier alpha value is -0.840. The smallest absolute Gasteiger partial charge is 0.340 e. The number of fused-ring (bicyclic) bond motifs is 1. The van der Waals surface area contributed by atoms with E-state index in [1.165, 1.54) is 13.3 Å². The van der Waals surface area contributed by atoms with Crippen LogP contribution in [0.15, 0.2) is 22.8 Å². The van der Waals surface area contributed by atoms with Crippen LogP contribution in [-0.2, 0) is 4.74 Å². The molecule has 0 aliphatic carbocycles. The van der Waals surface area contributed by atoms with Gasteiger partial charge in [-0.2, -0.15) is 0 Å². The SMILES string of the molecule is COC(=O)c1cnc2c(Cl)ccc(Br)c2c1Cl. The van der Waals surface area contributed by atoms with Crippen molar-refractivity contribution in [2.45, 2.75) is 0 Å². The molecule has 17 heavy (non-hydrogen) atoms. The molecule has 1 heterocycles. The zero-order valence-corrected chi connectivity index (χ0v) is 11.7. The molecule has 0 aliphatic heterocycles. The molecule has 1 aromatic carbocycles. The second kappa shape index (κ2) is 4.80. The van der Waals surface area contributed by atoms with Crippen molar-refractivity contribution in [3.63, 3.8) is 0 Å². The third kappa shape index (κ3) is 2.12. The Balaban J connectivity index is 2.84. The van der Waals surface area contributed by atoms with Gasteiger partial charge in [0.15, 0.2) is 0 Å². The lowest BCUT2D eigenvalue weighted by Crippen LogP contribution is -2.03. The number of rotatable bonds is 1. The summed E-state index contributed by atoms with van der Waals surface area (Å²) < 4.78 is 5.35. The highest BCUT2D eigenvalue weighted by Crippen LogP contribution is 2.35. The standard InChI is InChI=1S/C11H6BrCl2NO2/c1-17-11(16)5-4-15-10-7(13)3-2-6(12)8(10)9(5)14/h2-4H,1H3. The van der Waals surface area contributed by atoms with Gasteiger partial charge < -0.3 is 4.74 Å². The van der Waals surface area contributed by atoms with Gasteiger partial charge in [-0.05, 0) is 12.1 Å². The van der Waals surface area contributed by atoms with E-state index >= 15 is 0 Å². The normalized spacial score (nSPS) is 10.6. The van der Waals surface area contributed by atoms with Crippen molar-refractivity contribution in [3.8, 4) is 0 Å². The average molecular weight is 335 g/mol. The van der Waals surface area contributed by atoms with E-state index in [0.29, 0.717) is 15.9 Å². The number of nitrogens with zero attached hydrogens (tertiary/aromatic N) is 1. The Bertz CT molecular complexity index is 616. The summed E-state index contributed by atoms with van der Waals surface area (Å²) in [6, 6.07) is 3.45. The number of aromatic nitrogens is 1. The predicted molar refractivity (Wildman–Crippen MR) is 70.8 cm³/mol. The van der Waals surface area contributed by atoms with E-state index < -0.39 is 5.97 Å². The minimum absolute atomic E-state index is 0.213. The van der Waals surface area contributed by atoms with Gasteiger partial charge in [0.05, 0.1) is 28.2 Å². The molecule has 0 spiro atoms. The Kier molecular flexibility index (Phi) is 3.56. The van der Waals surface area contributed by atoms with Crippen molar-refractivity contribution >= 4 is 56.0 Å². The van der Waals surface area contributed by atoms with Crippen LogP contribution in [0, 0.1) is 0 Å². The molecule has 0 saturated carbocycles. The largest absolute Gasteiger partial charge is 0.465 e. The molecule has 0 unspecified atom stereocenters. The van der Waals surface area contributed by atoms with Crippen molar-refractivity contribution in [1.82, 2.24) is 4.98 Å². The molecule has 0 saturated heterocycles. The molecule has 88 valence electrons. The van der Waals surface area contributed by atoms with E-state index in [1.54, 1.807) is 12.1 Å². The van der Waals surface area contributed by atoms with Gasteiger partial charge in [-0.15, -0.1) is 0 Å². The molecule has 0 amide bonds. The van der Waals surface area contributed by atoms with Crippen LogP contribution in [0.4, 0.5) is 0 Å². The number of ether oxygens (including phenoxy) is 1. The molecule has 0 N–H and O–H groups in total. The number of methoxy groups -OCH3 is 1. The summed E-state index contributed by atoms with van der Waals surface area (Å²) >= 11 is 15.5. The highest BCUT2D eigenvalue weighted by atomic mass is 79.9. The van der Waals surface area contributed by atoms with Crippen molar-refractivity contribution < 1.29 is 9.53 Å². The minimum atomic E-state index is -0.531. The van der Waals surface area contributed by atoms with Gasteiger partial charge in [0.1, 0.15) is 0 Å². The van der Waals surface area contributed by atoms with Gasteiger partial charge >= 0.3 is 5.97 Å². The molecule has 3 nitrogen and oxygen atoms in total. The second-order valence-corrected chi connectivity index (χ2v) is 4.87. The molecule has 2 rings (SSSR count). The number of hydrogen-bond acceptors (Lipinski definition) is 3. The predicted octanol–water partition coefficient (Wildman–Crippen LogP) is 4.09. The van der Waals surface area contributed by atoms with Gasteiger partial charge in [0, 0.05) is 16.1 Å². The van der Waals surface area contributed by atoms with E-state index in [-0.39, 0.29) is 10.6 Å². The molecule has 6 heteroatoms. The van der Waals surface area contributed by atoms with E-state index in [9.17, 15) is 4.79 Å². The van der Waals surface area contributed by atoms with E-state index in [4.69, 9.17) is 23.2 Å². The maximum absolute atomic E-state index is 11.5. The number of carbonyl (C=O) groups is 1. The topological polar surface area (TPSA) is 39.2 Å². The van der Waals surface area contributed by atoms with Crippen molar-refractivity contribution in [1.29, 1.82) is 0 Å². The van der Waals surface area contributed by atoms with Gasteiger partial charge in [-0.25, -0.2) is 4.79 Å². The number of carbonyl (C=O) groups excluding carboxylic acids is 1. The first-order chi connectivity index (χ1) is 8.06. The zero-order valence-electron chi connectivity index (χ0n) is 8.63. The molecule has 0 radical (unpaired) electrons. The number of esters is 1. The number of pyridine rings is 1. The van der Waals surface area contributed by atoms with Crippen LogP contribution in [0.5, 0.6) is 0 Å². The minimum Gasteiger partial charge on any atom is -0.465 e. The monoisotopic (exact) mass is 333 g/mol. The van der Waals surface area contributed by atoms with Crippen LogP contribution < -0.4 is 0 Å². The van der Waals surface area contributed by atoms with E-state index in [0.717, 1.165) is 4.47 Å². The summed E-state index contributed by atoms with van der Waals surface area (Å²) in [5.74, 6) is -0.531. The highest BCUT2D eigenvalue weighted by molar-refractivity contribution is 9.10. The van der Waals surface area contributed by atoms with E-state index in [1.807, 2.05) is 0 Å². The Morgan fingerprint density at radius 1 is 1.41 bits per heavy atom. The van der Waals surface area contributed by atoms with Crippen LogP contribution in [-0.4, -0.2) is 18.1 Å². The fourth-order valence-corrected chi connectivity index (χ4v) is 2.60. The number of halogens is 3. The third-order valence-electron chi connectivity index (χ3n) is 2.26. The highest BCUT2D eigenvalue weighted by Gasteiger charge is 2.17. The molecular formula is C11H6BrCl2NO2. The lowest BCUT2D eigenvalue weighted by molar-refractivity contribution is 0.0600. The summed E-state index contributed by atoms with van der Waals surface area (Å²) in [5.41, 5.74) is 0.753. The first-order valence-electron chi connectivity index (χ1n) is 4.56. The lowest BCUT2D eigenvalue weighted by atomic mass is 10.1. The van der Waals surface area contributed by atoms with Crippen LogP contribution in [0.2, 0.25) is 10.0 Å². The quantitative estimate of drug-likeness (QED) is 0.737. The number of hydrogen-bond donors (Lipinski definition) is 0. The Morgan fingerprint density at radius 3 is 2.76 bits per heavy atom. The fourth-order valence-electron chi connectivity index (χ4n) is 1.45. The maximum atomic E-state index is 11.5. The second-order valence-electron chi connectivity index (χ2n) is 3.23. The first-order valence-corrected chi connectivity index (χ1v) is 6.11. The van der Waals surface area contributed by atoms with Crippen molar-refractivity contribution in [2.75, 3.05) is 7.11 Å². The van der Waals surface area contributed by atoms with E-state index in [2.05, 4.69) is 25.7 Å². The Labute approximate surface area is 116 Å². The Morgan fingerprint density at radius 2 is 2.12 bits per heavy atom. The van der Waals surface area contributed by atoms with Gasteiger partial charge in [0.2, 0.25) is 0 Å².